The van der Waals surface area contributed by atoms with Gasteiger partial charge in [-0.2, -0.15) is 5.10 Å². The van der Waals surface area contributed by atoms with E-state index < -0.39 is 0 Å². The fourth-order valence-electron chi connectivity index (χ4n) is 3.15. The molecule has 0 aliphatic carbocycles. The number of ether oxygens (including phenoxy) is 1. The first-order valence-corrected chi connectivity index (χ1v) is 8.40. The minimum Gasteiger partial charge on any atom is -0.373 e. The number of aromatic nitrogens is 2. The number of carbonyl (C=O) groups is 1. The molecule has 6 heteroatoms. The summed E-state index contributed by atoms with van der Waals surface area (Å²) in [5.41, 5.74) is 1.36. The minimum atomic E-state index is -0.122. The van der Waals surface area contributed by atoms with Crippen LogP contribution in [-0.4, -0.2) is 59.0 Å². The molecule has 0 radical (unpaired) electrons. The van der Waals surface area contributed by atoms with Crippen LogP contribution in [0.15, 0.2) is 6.07 Å². The summed E-state index contributed by atoms with van der Waals surface area (Å²) in [5, 5.41) is 7.41. The first-order valence-electron chi connectivity index (χ1n) is 8.40. The lowest BCUT2D eigenvalue weighted by atomic mass is 10.1. The summed E-state index contributed by atoms with van der Waals surface area (Å²) < 4.78 is 7.62. The Labute approximate surface area is 139 Å². The van der Waals surface area contributed by atoms with E-state index in [1.807, 2.05) is 17.7 Å². The molecule has 0 saturated carbocycles. The van der Waals surface area contributed by atoms with Gasteiger partial charge in [-0.05, 0) is 47.6 Å². The van der Waals surface area contributed by atoms with Crippen molar-refractivity contribution in [3.05, 3.63) is 17.5 Å². The Bertz CT molecular complexity index is 537. The van der Waals surface area contributed by atoms with E-state index in [1.54, 1.807) is 0 Å². The van der Waals surface area contributed by atoms with Crippen molar-refractivity contribution in [2.75, 3.05) is 26.2 Å². The van der Waals surface area contributed by atoms with Crippen molar-refractivity contribution in [1.82, 2.24) is 20.0 Å². The number of morpholine rings is 1. The summed E-state index contributed by atoms with van der Waals surface area (Å²) in [4.78, 5) is 14.6. The maximum Gasteiger partial charge on any atom is 0.271 e. The van der Waals surface area contributed by atoms with Gasteiger partial charge in [0.2, 0.25) is 0 Å². The fourth-order valence-corrected chi connectivity index (χ4v) is 3.15. The van der Waals surface area contributed by atoms with E-state index in [0.717, 1.165) is 25.3 Å². The van der Waals surface area contributed by atoms with Crippen molar-refractivity contribution in [2.24, 2.45) is 0 Å². The molecule has 130 valence electrons. The van der Waals surface area contributed by atoms with Gasteiger partial charge in [-0.3, -0.25) is 14.4 Å². The first-order chi connectivity index (χ1) is 10.7. The zero-order valence-electron chi connectivity index (χ0n) is 15.2. The lowest BCUT2D eigenvalue weighted by molar-refractivity contribution is -0.0672. The third-order valence-corrected chi connectivity index (χ3v) is 3.96. The lowest BCUT2D eigenvalue weighted by Crippen LogP contribution is -2.47. The van der Waals surface area contributed by atoms with Gasteiger partial charge in [-0.25, -0.2) is 0 Å². The molecule has 1 N–H and O–H groups in total. The van der Waals surface area contributed by atoms with Crippen molar-refractivity contribution in [3.63, 3.8) is 0 Å². The molecule has 1 aromatic rings. The normalized spacial score (nSPS) is 23.0. The molecule has 2 atom stereocenters. The Morgan fingerprint density at radius 2 is 1.96 bits per heavy atom. The van der Waals surface area contributed by atoms with Crippen LogP contribution in [0.25, 0.3) is 0 Å². The molecular formula is C17H30N4O2. The number of aryl methyl sites for hydroxylation is 1. The quantitative estimate of drug-likeness (QED) is 0.918. The Kier molecular flexibility index (Phi) is 5.47. The van der Waals surface area contributed by atoms with Crippen molar-refractivity contribution in [1.29, 1.82) is 0 Å². The molecule has 0 aromatic carbocycles. The molecule has 1 amide bonds. The second-order valence-electron chi connectivity index (χ2n) is 7.53. The van der Waals surface area contributed by atoms with Crippen LogP contribution in [0.1, 0.15) is 50.8 Å². The van der Waals surface area contributed by atoms with E-state index in [0.29, 0.717) is 12.2 Å². The molecular weight excluding hydrogens is 292 g/mol. The highest BCUT2D eigenvalue weighted by Gasteiger charge is 2.23. The number of amides is 1. The standard InChI is InChI=1S/C17H30N4O2/c1-12-9-15(19-21(12)17(4,5)6)16(22)18-7-8-20-10-13(2)23-14(3)11-20/h9,13-14H,7-8,10-11H2,1-6H3,(H,18,22)/t13-,14+. The summed E-state index contributed by atoms with van der Waals surface area (Å²) in [7, 11) is 0. The number of nitrogens with zero attached hydrogens (tertiary/aromatic N) is 3. The number of rotatable bonds is 4. The van der Waals surface area contributed by atoms with Crippen LogP contribution in [0.2, 0.25) is 0 Å². The monoisotopic (exact) mass is 322 g/mol. The predicted molar refractivity (Wildman–Crippen MR) is 90.7 cm³/mol. The fraction of sp³-hybridized carbons (Fsp3) is 0.765. The molecule has 23 heavy (non-hydrogen) atoms. The van der Waals surface area contributed by atoms with Gasteiger partial charge in [0.25, 0.3) is 5.91 Å². The van der Waals surface area contributed by atoms with Crippen LogP contribution < -0.4 is 5.32 Å². The van der Waals surface area contributed by atoms with Gasteiger partial charge < -0.3 is 10.1 Å². The van der Waals surface area contributed by atoms with Gasteiger partial charge in [-0.1, -0.05) is 0 Å². The summed E-state index contributed by atoms with van der Waals surface area (Å²) in [5.74, 6) is -0.106. The van der Waals surface area contributed by atoms with Gasteiger partial charge in [-0.15, -0.1) is 0 Å². The van der Waals surface area contributed by atoms with Crippen molar-refractivity contribution in [3.8, 4) is 0 Å². The van der Waals surface area contributed by atoms with Crippen LogP contribution in [0.4, 0.5) is 0 Å². The van der Waals surface area contributed by atoms with Crippen LogP contribution >= 0.6 is 0 Å². The van der Waals surface area contributed by atoms with E-state index in [1.165, 1.54) is 0 Å². The molecule has 1 aliphatic rings. The van der Waals surface area contributed by atoms with Gasteiger partial charge in [0.1, 0.15) is 5.69 Å². The molecule has 0 unspecified atom stereocenters. The Balaban J connectivity index is 1.86. The van der Waals surface area contributed by atoms with Crippen LogP contribution in [0, 0.1) is 6.92 Å². The van der Waals surface area contributed by atoms with Crippen LogP contribution in [0.5, 0.6) is 0 Å². The van der Waals surface area contributed by atoms with Crippen LogP contribution in [0.3, 0.4) is 0 Å². The summed E-state index contributed by atoms with van der Waals surface area (Å²) >= 11 is 0. The van der Waals surface area contributed by atoms with E-state index in [4.69, 9.17) is 4.74 Å². The molecule has 1 fully saturated rings. The number of nitrogens with one attached hydrogen (secondary N) is 1. The van der Waals surface area contributed by atoms with Gasteiger partial charge in [0.05, 0.1) is 17.7 Å². The zero-order valence-corrected chi connectivity index (χ0v) is 15.2. The van der Waals surface area contributed by atoms with Gasteiger partial charge >= 0.3 is 0 Å². The van der Waals surface area contributed by atoms with E-state index in [2.05, 4.69) is 49.9 Å². The third-order valence-electron chi connectivity index (χ3n) is 3.96. The summed E-state index contributed by atoms with van der Waals surface area (Å²) in [6.07, 6.45) is 0.499. The predicted octanol–water partition coefficient (Wildman–Crippen LogP) is 1.79. The third kappa shape index (κ3) is 4.78. The SMILES string of the molecule is Cc1cc(C(=O)NCCN2C[C@@H](C)O[C@@H](C)C2)nn1C(C)(C)C. The topological polar surface area (TPSA) is 59.4 Å². The second kappa shape index (κ2) is 7.01. The minimum absolute atomic E-state index is 0.106. The molecule has 2 heterocycles. The second-order valence-corrected chi connectivity index (χ2v) is 7.53. The van der Waals surface area contributed by atoms with Crippen molar-refractivity contribution >= 4 is 5.91 Å². The highest BCUT2D eigenvalue weighted by Crippen LogP contribution is 2.16. The van der Waals surface area contributed by atoms with E-state index in [-0.39, 0.29) is 23.7 Å². The molecule has 0 spiro atoms. The molecule has 1 aromatic heterocycles. The maximum absolute atomic E-state index is 12.3. The van der Waals surface area contributed by atoms with E-state index >= 15 is 0 Å². The Morgan fingerprint density at radius 1 is 1.35 bits per heavy atom. The Hall–Kier alpha value is -1.40. The smallest absolute Gasteiger partial charge is 0.271 e. The highest BCUT2D eigenvalue weighted by atomic mass is 16.5. The van der Waals surface area contributed by atoms with Gasteiger partial charge in [0.15, 0.2) is 0 Å². The number of hydrogen-bond acceptors (Lipinski definition) is 4. The summed E-state index contributed by atoms with van der Waals surface area (Å²) in [6, 6.07) is 1.85. The molecule has 0 bridgehead atoms. The average Bonchev–Trinajstić information content (AvgIpc) is 2.79. The molecule has 1 saturated heterocycles. The van der Waals surface area contributed by atoms with Gasteiger partial charge in [0, 0.05) is 31.9 Å². The molecule has 2 rings (SSSR count). The number of carbonyl (C=O) groups excluding carboxylic acids is 1. The lowest BCUT2D eigenvalue weighted by Gasteiger charge is -2.35. The first kappa shape index (κ1) is 17.9. The summed E-state index contributed by atoms with van der Waals surface area (Å²) in [6.45, 7) is 15.7. The maximum atomic E-state index is 12.3. The van der Waals surface area contributed by atoms with Crippen molar-refractivity contribution < 1.29 is 9.53 Å². The molecule has 1 aliphatic heterocycles. The largest absolute Gasteiger partial charge is 0.373 e. The van der Waals surface area contributed by atoms with Crippen LogP contribution in [-0.2, 0) is 10.3 Å². The van der Waals surface area contributed by atoms with E-state index in [9.17, 15) is 4.79 Å². The zero-order chi connectivity index (χ0) is 17.2. The average molecular weight is 322 g/mol. The highest BCUT2D eigenvalue weighted by molar-refractivity contribution is 5.92. The molecule has 6 nitrogen and oxygen atoms in total. The Morgan fingerprint density at radius 3 is 2.48 bits per heavy atom. The van der Waals surface area contributed by atoms with Crippen molar-refractivity contribution in [2.45, 2.75) is 59.3 Å². The number of hydrogen-bond donors (Lipinski definition) is 1.